The third kappa shape index (κ3) is 5.78. The fourth-order valence-electron chi connectivity index (χ4n) is 3.48. The second-order valence-corrected chi connectivity index (χ2v) is 9.05. The van der Waals surface area contributed by atoms with Crippen molar-refractivity contribution in [3.8, 4) is 5.75 Å². The molecule has 3 aromatic carbocycles. The van der Waals surface area contributed by atoms with Crippen LogP contribution >= 0.6 is 11.8 Å². The molecular weight excluding hydrogens is 467 g/mol. The van der Waals surface area contributed by atoms with E-state index in [-0.39, 0.29) is 23.9 Å². The summed E-state index contributed by atoms with van der Waals surface area (Å²) in [6.07, 6.45) is 1.55. The predicted octanol–water partition coefficient (Wildman–Crippen LogP) is 5.70. The minimum atomic E-state index is -0.556. The maximum absolute atomic E-state index is 13.9. The van der Waals surface area contributed by atoms with Crippen molar-refractivity contribution in [1.29, 1.82) is 0 Å². The largest absolute Gasteiger partial charge is 0.488 e. The van der Waals surface area contributed by atoms with Gasteiger partial charge in [-0.05, 0) is 61.0 Å². The summed E-state index contributed by atoms with van der Waals surface area (Å²) >= 11 is 0.759. The Kier molecular flexibility index (Phi) is 7.31. The number of hydrogen-bond acceptors (Lipinski definition) is 5. The highest BCUT2D eigenvalue weighted by molar-refractivity contribution is 8.18. The van der Waals surface area contributed by atoms with Crippen molar-refractivity contribution in [2.75, 3.05) is 11.9 Å². The number of anilines is 1. The number of benzene rings is 3. The van der Waals surface area contributed by atoms with Crippen molar-refractivity contribution in [3.05, 3.63) is 99.7 Å². The zero-order valence-corrected chi connectivity index (χ0v) is 20.0. The molecule has 6 nitrogen and oxygen atoms in total. The van der Waals surface area contributed by atoms with E-state index in [1.807, 2.05) is 32.0 Å². The van der Waals surface area contributed by atoms with E-state index in [2.05, 4.69) is 5.32 Å². The fraction of sp³-hybridized carbons (Fsp3) is 0.148. The lowest BCUT2D eigenvalue weighted by Crippen LogP contribution is -2.36. The number of amides is 3. The van der Waals surface area contributed by atoms with Crippen LogP contribution in [-0.2, 0) is 16.2 Å². The van der Waals surface area contributed by atoms with Gasteiger partial charge in [-0.25, -0.2) is 4.39 Å². The van der Waals surface area contributed by atoms with Crippen LogP contribution in [0.1, 0.15) is 22.3 Å². The number of hydrogen-bond donors (Lipinski definition) is 1. The predicted molar refractivity (Wildman–Crippen MR) is 134 cm³/mol. The molecule has 1 N–H and O–H groups in total. The molecule has 0 spiro atoms. The van der Waals surface area contributed by atoms with Gasteiger partial charge in [0.15, 0.2) is 0 Å². The van der Waals surface area contributed by atoms with Crippen LogP contribution in [0.3, 0.4) is 0 Å². The van der Waals surface area contributed by atoms with E-state index >= 15 is 0 Å². The number of carbonyl (C=O) groups is 3. The van der Waals surface area contributed by atoms with Crippen molar-refractivity contribution >= 4 is 40.6 Å². The first-order valence-electron chi connectivity index (χ1n) is 10.9. The van der Waals surface area contributed by atoms with Crippen LogP contribution in [0.5, 0.6) is 5.75 Å². The second-order valence-electron chi connectivity index (χ2n) is 8.05. The first kappa shape index (κ1) is 24.2. The normalized spacial score (nSPS) is 14.5. The van der Waals surface area contributed by atoms with Gasteiger partial charge in [0.05, 0.1) is 4.91 Å². The van der Waals surface area contributed by atoms with Crippen molar-refractivity contribution in [3.63, 3.8) is 0 Å². The summed E-state index contributed by atoms with van der Waals surface area (Å²) in [5.41, 5.74) is 3.46. The molecule has 3 aromatic rings. The molecule has 1 heterocycles. The molecule has 35 heavy (non-hydrogen) atoms. The Labute approximate surface area is 206 Å². The summed E-state index contributed by atoms with van der Waals surface area (Å²) in [6, 6.07) is 18.9. The third-order valence-corrected chi connectivity index (χ3v) is 6.30. The van der Waals surface area contributed by atoms with E-state index in [9.17, 15) is 18.8 Å². The van der Waals surface area contributed by atoms with Crippen LogP contribution < -0.4 is 10.1 Å². The third-order valence-electron chi connectivity index (χ3n) is 5.39. The SMILES string of the molecule is Cc1ccc(C)c(NC(=O)CN2C(=O)S/C(=C/c3ccccc3OCc3ccccc3F)C2=O)c1. The minimum Gasteiger partial charge on any atom is -0.488 e. The summed E-state index contributed by atoms with van der Waals surface area (Å²) in [5.74, 6) is -0.948. The maximum Gasteiger partial charge on any atom is 0.294 e. The molecule has 4 rings (SSSR count). The number of imide groups is 1. The van der Waals surface area contributed by atoms with Gasteiger partial charge in [-0.1, -0.05) is 48.5 Å². The topological polar surface area (TPSA) is 75.7 Å². The minimum absolute atomic E-state index is 0.0115. The molecule has 1 fully saturated rings. The Hall–Kier alpha value is -3.91. The van der Waals surface area contributed by atoms with E-state index in [0.29, 0.717) is 22.6 Å². The Bertz CT molecular complexity index is 1340. The van der Waals surface area contributed by atoms with Crippen molar-refractivity contribution < 1.29 is 23.5 Å². The lowest BCUT2D eigenvalue weighted by molar-refractivity contribution is -0.127. The van der Waals surface area contributed by atoms with Gasteiger partial charge in [-0.15, -0.1) is 0 Å². The number of rotatable bonds is 7. The molecule has 0 saturated carbocycles. The summed E-state index contributed by atoms with van der Waals surface area (Å²) in [7, 11) is 0. The molecule has 0 radical (unpaired) electrons. The number of ether oxygens (including phenoxy) is 1. The van der Waals surface area contributed by atoms with Gasteiger partial charge >= 0.3 is 0 Å². The average molecular weight is 491 g/mol. The van der Waals surface area contributed by atoms with Crippen molar-refractivity contribution in [2.24, 2.45) is 0 Å². The Balaban J connectivity index is 1.46. The Morgan fingerprint density at radius 1 is 1.06 bits per heavy atom. The number of nitrogens with one attached hydrogen (secondary N) is 1. The van der Waals surface area contributed by atoms with Crippen LogP contribution in [0, 0.1) is 19.7 Å². The number of thioether (sulfide) groups is 1. The van der Waals surface area contributed by atoms with E-state index in [1.165, 1.54) is 6.07 Å². The molecule has 3 amide bonds. The number of nitrogens with zero attached hydrogens (tertiary/aromatic N) is 1. The quantitative estimate of drug-likeness (QED) is 0.430. The average Bonchev–Trinajstić information content (AvgIpc) is 3.09. The van der Waals surface area contributed by atoms with Crippen LogP contribution in [0.25, 0.3) is 6.08 Å². The van der Waals surface area contributed by atoms with E-state index in [0.717, 1.165) is 27.8 Å². The van der Waals surface area contributed by atoms with Crippen LogP contribution in [0.4, 0.5) is 14.9 Å². The zero-order valence-electron chi connectivity index (χ0n) is 19.2. The highest BCUT2D eigenvalue weighted by Gasteiger charge is 2.36. The molecule has 1 aliphatic heterocycles. The number of carbonyl (C=O) groups excluding carboxylic acids is 3. The zero-order chi connectivity index (χ0) is 24.9. The monoisotopic (exact) mass is 490 g/mol. The van der Waals surface area contributed by atoms with Crippen LogP contribution in [0.2, 0.25) is 0 Å². The summed E-state index contributed by atoms with van der Waals surface area (Å²) in [5, 5.41) is 2.24. The van der Waals surface area contributed by atoms with Gasteiger partial charge in [0.2, 0.25) is 5.91 Å². The smallest absolute Gasteiger partial charge is 0.294 e. The second kappa shape index (κ2) is 10.6. The van der Waals surface area contributed by atoms with Crippen molar-refractivity contribution in [2.45, 2.75) is 20.5 Å². The molecule has 1 aliphatic rings. The molecule has 0 bridgehead atoms. The highest BCUT2D eigenvalue weighted by atomic mass is 32.2. The Morgan fingerprint density at radius 3 is 2.60 bits per heavy atom. The van der Waals surface area contributed by atoms with Gasteiger partial charge in [-0.3, -0.25) is 19.3 Å². The van der Waals surface area contributed by atoms with E-state index < -0.39 is 17.1 Å². The van der Waals surface area contributed by atoms with E-state index in [1.54, 1.807) is 48.5 Å². The first-order valence-corrected chi connectivity index (χ1v) is 11.7. The lowest BCUT2D eigenvalue weighted by atomic mass is 10.1. The standard InChI is InChI=1S/C27H23FN2O4S/c1-17-11-12-18(2)22(13-17)29-25(31)15-30-26(32)24(35-27(30)33)14-19-7-4-6-10-23(19)34-16-20-8-3-5-9-21(20)28/h3-14H,15-16H2,1-2H3,(H,29,31)/b24-14+. The lowest BCUT2D eigenvalue weighted by Gasteiger charge is -2.14. The first-order chi connectivity index (χ1) is 16.8. The highest BCUT2D eigenvalue weighted by Crippen LogP contribution is 2.34. The van der Waals surface area contributed by atoms with Gasteiger partial charge in [-0.2, -0.15) is 0 Å². The molecular formula is C27H23FN2O4S. The maximum atomic E-state index is 13.9. The molecule has 178 valence electrons. The van der Waals surface area contributed by atoms with Gasteiger partial charge in [0.1, 0.15) is 24.7 Å². The fourth-order valence-corrected chi connectivity index (χ4v) is 4.31. The molecule has 8 heteroatoms. The number of aryl methyl sites for hydroxylation is 2. The van der Waals surface area contributed by atoms with Crippen LogP contribution in [0.15, 0.2) is 71.6 Å². The van der Waals surface area contributed by atoms with Gasteiger partial charge in [0.25, 0.3) is 11.1 Å². The number of para-hydroxylation sites is 1. The molecule has 0 unspecified atom stereocenters. The summed E-state index contributed by atoms with van der Waals surface area (Å²) in [6.45, 7) is 3.40. The summed E-state index contributed by atoms with van der Waals surface area (Å²) in [4.78, 5) is 39.1. The molecule has 0 atom stereocenters. The van der Waals surface area contributed by atoms with Gasteiger partial charge in [0, 0.05) is 16.8 Å². The molecule has 0 aliphatic carbocycles. The summed E-state index contributed by atoms with van der Waals surface area (Å²) < 4.78 is 19.7. The number of halogens is 1. The van der Waals surface area contributed by atoms with Crippen LogP contribution in [-0.4, -0.2) is 28.5 Å². The Morgan fingerprint density at radius 2 is 1.80 bits per heavy atom. The molecule has 1 saturated heterocycles. The molecule has 0 aromatic heterocycles. The van der Waals surface area contributed by atoms with Gasteiger partial charge < -0.3 is 10.1 Å². The van der Waals surface area contributed by atoms with E-state index in [4.69, 9.17) is 4.74 Å². The van der Waals surface area contributed by atoms with Crippen molar-refractivity contribution in [1.82, 2.24) is 4.90 Å².